The Bertz CT molecular complexity index is 265. The Balaban J connectivity index is 2.21. The third-order valence-electron chi connectivity index (χ3n) is 2.59. The van der Waals surface area contributed by atoms with Crippen LogP contribution in [0.15, 0.2) is 0 Å². The van der Waals surface area contributed by atoms with E-state index in [1.54, 1.807) is 0 Å². The zero-order valence-corrected chi connectivity index (χ0v) is 7.27. The molecular weight excluding hydrogens is 174 g/mol. The number of morpholine rings is 1. The smallest absolute Gasteiger partial charge is 0.329 e. The van der Waals surface area contributed by atoms with E-state index in [1.165, 1.54) is 11.8 Å². The lowest BCUT2D eigenvalue weighted by molar-refractivity contribution is -0.195. The Kier molecular flexibility index (Phi) is 1.76. The van der Waals surface area contributed by atoms with Crippen LogP contribution in [0.25, 0.3) is 0 Å². The van der Waals surface area contributed by atoms with Gasteiger partial charge >= 0.3 is 5.97 Å². The summed E-state index contributed by atoms with van der Waals surface area (Å²) in [7, 11) is 0. The van der Waals surface area contributed by atoms with Gasteiger partial charge in [-0.15, -0.1) is 0 Å². The summed E-state index contributed by atoms with van der Waals surface area (Å²) >= 11 is 0. The van der Waals surface area contributed by atoms with E-state index in [0.29, 0.717) is 13.0 Å². The number of piperidine rings is 1. The Morgan fingerprint density at radius 1 is 1.69 bits per heavy atom. The van der Waals surface area contributed by atoms with Crippen molar-refractivity contribution in [3.8, 4) is 0 Å². The number of nitrogens with zero attached hydrogens (tertiary/aromatic N) is 1. The molecule has 1 N–H and O–H groups in total. The normalized spacial score (nSPS) is 37.5. The Hall–Kier alpha value is -1.10. The van der Waals surface area contributed by atoms with Gasteiger partial charge in [-0.3, -0.25) is 4.79 Å². The van der Waals surface area contributed by atoms with Gasteiger partial charge in [-0.2, -0.15) is 0 Å². The number of hydrogen-bond donors (Lipinski definition) is 1. The molecule has 5 heteroatoms. The summed E-state index contributed by atoms with van der Waals surface area (Å²) in [4.78, 5) is 23.7. The van der Waals surface area contributed by atoms with Crippen molar-refractivity contribution >= 4 is 11.9 Å². The molecule has 0 aromatic carbocycles. The number of rotatable bonds is 0. The first kappa shape index (κ1) is 8.50. The SMILES string of the molecule is CC(=O)N1CC2OC(=O)C1CC2O. The molecule has 3 fully saturated rings. The predicted molar refractivity (Wildman–Crippen MR) is 41.7 cm³/mol. The lowest BCUT2D eigenvalue weighted by Crippen LogP contribution is -2.63. The molecule has 5 nitrogen and oxygen atoms in total. The van der Waals surface area contributed by atoms with E-state index in [-0.39, 0.29) is 5.91 Å². The fourth-order valence-electron chi connectivity index (χ4n) is 1.87. The van der Waals surface area contributed by atoms with E-state index >= 15 is 0 Å². The van der Waals surface area contributed by atoms with Crippen LogP contribution in [-0.2, 0) is 14.3 Å². The fraction of sp³-hybridized carbons (Fsp3) is 0.750. The van der Waals surface area contributed by atoms with E-state index in [4.69, 9.17) is 4.74 Å². The lowest BCUT2D eigenvalue weighted by Gasteiger charge is -2.45. The zero-order valence-electron chi connectivity index (χ0n) is 7.27. The highest BCUT2D eigenvalue weighted by atomic mass is 16.6. The van der Waals surface area contributed by atoms with Crippen LogP contribution in [0, 0.1) is 0 Å². The summed E-state index contributed by atoms with van der Waals surface area (Å²) in [5.74, 6) is -0.532. The van der Waals surface area contributed by atoms with E-state index in [1.807, 2.05) is 0 Å². The van der Waals surface area contributed by atoms with Gasteiger partial charge in [0.15, 0.2) is 0 Å². The van der Waals surface area contributed by atoms with Crippen molar-refractivity contribution in [2.24, 2.45) is 0 Å². The minimum absolute atomic E-state index is 0.140. The quantitative estimate of drug-likeness (QED) is 0.486. The van der Waals surface area contributed by atoms with E-state index in [2.05, 4.69) is 0 Å². The Morgan fingerprint density at radius 3 is 2.92 bits per heavy atom. The molecule has 0 aliphatic carbocycles. The van der Waals surface area contributed by atoms with Crippen molar-refractivity contribution < 1.29 is 19.4 Å². The maximum Gasteiger partial charge on any atom is 0.329 e. The van der Waals surface area contributed by atoms with E-state index < -0.39 is 24.2 Å². The molecule has 3 atom stereocenters. The van der Waals surface area contributed by atoms with Gasteiger partial charge in [-0.25, -0.2) is 4.79 Å². The number of amides is 1. The predicted octanol–water partition coefficient (Wildman–Crippen LogP) is -1.11. The first-order chi connectivity index (χ1) is 6.09. The van der Waals surface area contributed by atoms with Crippen LogP contribution in [0.5, 0.6) is 0 Å². The number of aliphatic hydroxyl groups is 1. The van der Waals surface area contributed by atoms with E-state index in [9.17, 15) is 14.7 Å². The molecule has 13 heavy (non-hydrogen) atoms. The van der Waals surface area contributed by atoms with Crippen LogP contribution in [0.1, 0.15) is 13.3 Å². The molecule has 2 bridgehead atoms. The molecule has 0 spiro atoms. The second-order valence-corrected chi connectivity index (χ2v) is 3.47. The number of esters is 1. The maximum absolute atomic E-state index is 11.2. The zero-order chi connectivity index (χ0) is 9.59. The fourth-order valence-corrected chi connectivity index (χ4v) is 1.87. The lowest BCUT2D eigenvalue weighted by atomic mass is 9.93. The molecule has 1 amide bonds. The van der Waals surface area contributed by atoms with Crippen molar-refractivity contribution in [2.75, 3.05) is 6.54 Å². The number of carbonyl (C=O) groups is 2. The largest absolute Gasteiger partial charge is 0.456 e. The Labute approximate surface area is 75.3 Å². The summed E-state index contributed by atoms with van der Waals surface area (Å²) in [5.41, 5.74) is 0. The van der Waals surface area contributed by atoms with Gasteiger partial charge in [-0.05, 0) is 0 Å². The average molecular weight is 185 g/mol. The minimum atomic E-state index is -0.613. The van der Waals surface area contributed by atoms with Crippen molar-refractivity contribution in [2.45, 2.75) is 31.6 Å². The molecule has 3 unspecified atom stereocenters. The molecule has 3 rings (SSSR count). The van der Waals surface area contributed by atoms with Gasteiger partial charge in [0.25, 0.3) is 0 Å². The molecule has 0 saturated carbocycles. The molecule has 0 aromatic heterocycles. The highest BCUT2D eigenvalue weighted by Gasteiger charge is 2.47. The molecule has 3 saturated heterocycles. The van der Waals surface area contributed by atoms with Gasteiger partial charge in [0.05, 0.1) is 12.6 Å². The van der Waals surface area contributed by atoms with Gasteiger partial charge in [0, 0.05) is 13.3 Å². The minimum Gasteiger partial charge on any atom is -0.456 e. The maximum atomic E-state index is 11.2. The van der Waals surface area contributed by atoms with Crippen LogP contribution in [0.4, 0.5) is 0 Å². The Morgan fingerprint density at radius 2 is 2.38 bits per heavy atom. The summed E-state index contributed by atoms with van der Waals surface area (Å²) in [6.07, 6.45) is -0.831. The van der Waals surface area contributed by atoms with Crippen LogP contribution >= 0.6 is 0 Å². The van der Waals surface area contributed by atoms with Crippen LogP contribution in [-0.4, -0.2) is 46.7 Å². The summed E-state index contributed by atoms with van der Waals surface area (Å²) in [6, 6.07) is -0.572. The van der Waals surface area contributed by atoms with Crippen LogP contribution < -0.4 is 0 Å². The van der Waals surface area contributed by atoms with Gasteiger partial charge < -0.3 is 14.7 Å². The van der Waals surface area contributed by atoms with Crippen molar-refractivity contribution in [3.05, 3.63) is 0 Å². The number of carbonyl (C=O) groups excluding carboxylic acids is 2. The third-order valence-corrected chi connectivity index (χ3v) is 2.59. The summed E-state index contributed by atoms with van der Waals surface area (Å²) in [6.45, 7) is 1.74. The summed E-state index contributed by atoms with van der Waals surface area (Å²) in [5, 5.41) is 9.40. The number of hydrogen-bond acceptors (Lipinski definition) is 4. The molecule has 72 valence electrons. The molecule has 0 radical (unpaired) electrons. The molecular formula is C8H11NO4. The molecule has 3 aliphatic rings. The van der Waals surface area contributed by atoms with Gasteiger partial charge in [-0.1, -0.05) is 0 Å². The summed E-state index contributed by atoms with van der Waals surface area (Å²) < 4.78 is 4.90. The molecule has 3 heterocycles. The third kappa shape index (κ3) is 1.19. The molecule has 0 aromatic rings. The van der Waals surface area contributed by atoms with Crippen LogP contribution in [0.3, 0.4) is 0 Å². The molecule has 3 aliphatic heterocycles. The number of ether oxygens (including phenoxy) is 1. The van der Waals surface area contributed by atoms with Gasteiger partial charge in [0.1, 0.15) is 12.1 Å². The highest BCUT2D eigenvalue weighted by molar-refractivity contribution is 5.85. The van der Waals surface area contributed by atoms with Crippen molar-refractivity contribution in [3.63, 3.8) is 0 Å². The standard InChI is InChI=1S/C8H11NO4/c1-4(10)9-3-7-6(11)2-5(9)8(12)13-7/h5-7,11H,2-3H2,1H3. The van der Waals surface area contributed by atoms with Crippen molar-refractivity contribution in [1.82, 2.24) is 4.90 Å². The number of fused-ring (bicyclic) bond motifs is 3. The van der Waals surface area contributed by atoms with E-state index in [0.717, 1.165) is 0 Å². The second-order valence-electron chi connectivity index (χ2n) is 3.47. The van der Waals surface area contributed by atoms with Crippen molar-refractivity contribution in [1.29, 1.82) is 0 Å². The van der Waals surface area contributed by atoms with Crippen LogP contribution in [0.2, 0.25) is 0 Å². The highest BCUT2D eigenvalue weighted by Crippen LogP contribution is 2.27. The van der Waals surface area contributed by atoms with Gasteiger partial charge in [0.2, 0.25) is 5.91 Å². The first-order valence-corrected chi connectivity index (χ1v) is 4.25. The number of aliphatic hydroxyl groups excluding tert-OH is 1. The first-order valence-electron chi connectivity index (χ1n) is 4.25. The monoisotopic (exact) mass is 185 g/mol. The second kappa shape index (κ2) is 2.70. The topological polar surface area (TPSA) is 66.8 Å². The average Bonchev–Trinajstić information content (AvgIpc) is 2.06.